The molecule has 0 saturated carbocycles. The SMILES string of the molecule is Cc1noc(C)c1CN(C)C(=O)C[C@H]1CCS(=O)(=O)C1. The van der Waals surface area contributed by atoms with Gasteiger partial charge in [-0.1, -0.05) is 5.16 Å². The Labute approximate surface area is 119 Å². The monoisotopic (exact) mass is 300 g/mol. The molecule has 7 heteroatoms. The van der Waals surface area contributed by atoms with Gasteiger partial charge in [-0.3, -0.25) is 4.79 Å². The molecule has 1 atom stereocenters. The van der Waals surface area contributed by atoms with E-state index in [2.05, 4.69) is 5.16 Å². The van der Waals surface area contributed by atoms with Crippen molar-refractivity contribution in [1.29, 1.82) is 0 Å². The van der Waals surface area contributed by atoms with Crippen LogP contribution in [0.15, 0.2) is 4.52 Å². The standard InChI is InChI=1S/C13H20N2O4S/c1-9-12(10(2)19-14-9)7-15(3)13(16)6-11-4-5-20(17,18)8-11/h11H,4-8H2,1-3H3/t11-/m1/s1. The first-order valence-corrected chi connectivity index (χ1v) is 8.47. The van der Waals surface area contributed by atoms with E-state index in [1.54, 1.807) is 11.9 Å². The van der Waals surface area contributed by atoms with Crippen LogP contribution in [0.3, 0.4) is 0 Å². The second-order valence-electron chi connectivity index (χ2n) is 5.53. The van der Waals surface area contributed by atoms with Crippen LogP contribution in [0.2, 0.25) is 0 Å². The number of aryl methyl sites for hydroxylation is 2. The Balaban J connectivity index is 1.93. The van der Waals surface area contributed by atoms with Gasteiger partial charge >= 0.3 is 0 Å². The minimum Gasteiger partial charge on any atom is -0.361 e. The maximum atomic E-state index is 12.1. The quantitative estimate of drug-likeness (QED) is 0.831. The van der Waals surface area contributed by atoms with Crippen molar-refractivity contribution in [1.82, 2.24) is 10.1 Å². The fourth-order valence-electron chi connectivity index (χ4n) is 2.49. The van der Waals surface area contributed by atoms with Gasteiger partial charge in [-0.05, 0) is 26.2 Å². The van der Waals surface area contributed by atoms with Crippen LogP contribution in [0.1, 0.15) is 29.9 Å². The summed E-state index contributed by atoms with van der Waals surface area (Å²) >= 11 is 0. The van der Waals surface area contributed by atoms with Crippen LogP contribution in [0, 0.1) is 19.8 Å². The molecule has 1 amide bonds. The number of rotatable bonds is 4. The van der Waals surface area contributed by atoms with Gasteiger partial charge in [0, 0.05) is 19.0 Å². The molecular formula is C13H20N2O4S. The topological polar surface area (TPSA) is 80.5 Å². The molecule has 1 aliphatic heterocycles. The molecule has 6 nitrogen and oxygen atoms in total. The third kappa shape index (κ3) is 3.39. The number of aromatic nitrogens is 1. The Morgan fingerprint density at radius 2 is 2.15 bits per heavy atom. The molecule has 0 aliphatic carbocycles. The first-order valence-electron chi connectivity index (χ1n) is 6.64. The summed E-state index contributed by atoms with van der Waals surface area (Å²) in [5.41, 5.74) is 1.70. The number of sulfone groups is 1. The highest BCUT2D eigenvalue weighted by molar-refractivity contribution is 7.91. The second kappa shape index (κ2) is 5.55. The molecule has 2 heterocycles. The van der Waals surface area contributed by atoms with E-state index < -0.39 is 9.84 Å². The Bertz CT molecular complexity index is 586. The van der Waals surface area contributed by atoms with Crippen molar-refractivity contribution in [2.45, 2.75) is 33.2 Å². The predicted molar refractivity (Wildman–Crippen MR) is 73.8 cm³/mol. The molecule has 0 N–H and O–H groups in total. The summed E-state index contributed by atoms with van der Waals surface area (Å²) in [4.78, 5) is 13.7. The highest BCUT2D eigenvalue weighted by Crippen LogP contribution is 2.23. The van der Waals surface area contributed by atoms with E-state index in [4.69, 9.17) is 4.52 Å². The molecule has 1 saturated heterocycles. The van der Waals surface area contributed by atoms with E-state index in [-0.39, 0.29) is 23.3 Å². The van der Waals surface area contributed by atoms with Crippen molar-refractivity contribution < 1.29 is 17.7 Å². The van der Waals surface area contributed by atoms with Gasteiger partial charge in [0.25, 0.3) is 0 Å². The maximum absolute atomic E-state index is 12.1. The molecule has 0 bridgehead atoms. The zero-order valence-corrected chi connectivity index (χ0v) is 12.9. The van der Waals surface area contributed by atoms with Crippen LogP contribution in [-0.2, 0) is 21.2 Å². The van der Waals surface area contributed by atoms with Crippen LogP contribution < -0.4 is 0 Å². The van der Waals surface area contributed by atoms with Gasteiger partial charge in [-0.25, -0.2) is 8.42 Å². The smallest absolute Gasteiger partial charge is 0.222 e. The number of hydrogen-bond donors (Lipinski definition) is 0. The lowest BCUT2D eigenvalue weighted by molar-refractivity contribution is -0.131. The van der Waals surface area contributed by atoms with E-state index >= 15 is 0 Å². The number of carbonyl (C=O) groups excluding carboxylic acids is 1. The van der Waals surface area contributed by atoms with Gasteiger partial charge in [-0.2, -0.15) is 0 Å². The molecule has 1 fully saturated rings. The summed E-state index contributed by atoms with van der Waals surface area (Å²) in [7, 11) is -1.21. The number of carbonyl (C=O) groups is 1. The van der Waals surface area contributed by atoms with Crippen LogP contribution >= 0.6 is 0 Å². The summed E-state index contributed by atoms with van der Waals surface area (Å²) in [5.74, 6) is 0.980. The zero-order valence-electron chi connectivity index (χ0n) is 12.0. The molecule has 1 aromatic rings. The average molecular weight is 300 g/mol. The molecule has 112 valence electrons. The molecule has 0 unspecified atom stereocenters. The van der Waals surface area contributed by atoms with Crippen molar-refractivity contribution in [2.75, 3.05) is 18.6 Å². The molecule has 0 aromatic carbocycles. The van der Waals surface area contributed by atoms with Crippen LogP contribution in [0.4, 0.5) is 0 Å². The number of amides is 1. The van der Waals surface area contributed by atoms with Crippen molar-refractivity contribution in [2.24, 2.45) is 5.92 Å². The van der Waals surface area contributed by atoms with Gasteiger partial charge in [0.2, 0.25) is 5.91 Å². The van der Waals surface area contributed by atoms with Crippen molar-refractivity contribution in [3.8, 4) is 0 Å². The molecule has 1 aliphatic rings. The van der Waals surface area contributed by atoms with Crippen molar-refractivity contribution in [3.63, 3.8) is 0 Å². The summed E-state index contributed by atoms with van der Waals surface area (Å²) in [6, 6.07) is 0. The predicted octanol–water partition coefficient (Wildman–Crippen LogP) is 1.07. The highest BCUT2D eigenvalue weighted by atomic mass is 32.2. The Morgan fingerprint density at radius 1 is 1.45 bits per heavy atom. The van der Waals surface area contributed by atoms with E-state index in [0.717, 1.165) is 11.3 Å². The fraction of sp³-hybridized carbons (Fsp3) is 0.692. The Kier molecular flexibility index (Phi) is 4.17. The van der Waals surface area contributed by atoms with Gasteiger partial charge in [0.1, 0.15) is 5.76 Å². The molecular weight excluding hydrogens is 280 g/mol. The molecule has 1 aromatic heterocycles. The summed E-state index contributed by atoms with van der Waals surface area (Å²) in [6.45, 7) is 4.10. The Morgan fingerprint density at radius 3 is 2.65 bits per heavy atom. The van der Waals surface area contributed by atoms with Gasteiger partial charge < -0.3 is 9.42 Å². The third-order valence-electron chi connectivity index (χ3n) is 3.79. The van der Waals surface area contributed by atoms with Crippen molar-refractivity contribution >= 4 is 15.7 Å². The van der Waals surface area contributed by atoms with Crippen molar-refractivity contribution in [3.05, 3.63) is 17.0 Å². The van der Waals surface area contributed by atoms with Crippen LogP contribution in [0.25, 0.3) is 0 Å². The van der Waals surface area contributed by atoms with E-state index in [1.165, 1.54) is 0 Å². The Hall–Kier alpha value is -1.37. The first kappa shape index (κ1) is 15.0. The minimum atomic E-state index is -2.93. The van der Waals surface area contributed by atoms with Gasteiger partial charge in [0.05, 0.1) is 23.7 Å². The van der Waals surface area contributed by atoms with E-state index in [0.29, 0.717) is 25.1 Å². The highest BCUT2D eigenvalue weighted by Gasteiger charge is 2.30. The fourth-order valence-corrected chi connectivity index (χ4v) is 4.35. The van der Waals surface area contributed by atoms with Gasteiger partial charge in [-0.15, -0.1) is 0 Å². The first-order chi connectivity index (χ1) is 9.28. The lowest BCUT2D eigenvalue weighted by Crippen LogP contribution is -2.28. The summed E-state index contributed by atoms with van der Waals surface area (Å²) in [6.07, 6.45) is 0.881. The normalized spacial score (nSPS) is 21.1. The molecule has 0 spiro atoms. The second-order valence-corrected chi connectivity index (χ2v) is 7.75. The lowest BCUT2D eigenvalue weighted by Gasteiger charge is -2.18. The number of hydrogen-bond acceptors (Lipinski definition) is 5. The molecule has 0 radical (unpaired) electrons. The van der Waals surface area contributed by atoms with E-state index in [1.807, 2.05) is 13.8 Å². The molecule has 2 rings (SSSR count). The summed E-state index contributed by atoms with van der Waals surface area (Å²) < 4.78 is 27.9. The zero-order chi connectivity index (χ0) is 14.9. The van der Waals surface area contributed by atoms with E-state index in [9.17, 15) is 13.2 Å². The van der Waals surface area contributed by atoms with Gasteiger partial charge in [0.15, 0.2) is 9.84 Å². The average Bonchev–Trinajstić information content (AvgIpc) is 2.85. The summed E-state index contributed by atoms with van der Waals surface area (Å²) in [5, 5.41) is 3.86. The van der Waals surface area contributed by atoms with Crippen LogP contribution in [0.5, 0.6) is 0 Å². The third-order valence-corrected chi connectivity index (χ3v) is 5.63. The maximum Gasteiger partial charge on any atom is 0.222 e. The lowest BCUT2D eigenvalue weighted by atomic mass is 10.0. The minimum absolute atomic E-state index is 0.0351. The van der Waals surface area contributed by atoms with Crippen LogP contribution in [-0.4, -0.2) is 42.9 Å². The largest absolute Gasteiger partial charge is 0.361 e. The number of nitrogens with zero attached hydrogens (tertiary/aromatic N) is 2. The molecule has 20 heavy (non-hydrogen) atoms.